The molecular weight excluding hydrogens is 530 g/mol. The van der Waals surface area contributed by atoms with Crippen molar-refractivity contribution in [3.63, 3.8) is 0 Å². The number of para-hydroxylation sites is 1. The molecule has 0 saturated heterocycles. The Morgan fingerprint density at radius 2 is 1.31 bits per heavy atom. The monoisotopic (exact) mass is 557 g/mol. The molecular formula is C34H27N3O5. The summed E-state index contributed by atoms with van der Waals surface area (Å²) in [6, 6.07) is 33.7. The van der Waals surface area contributed by atoms with Gasteiger partial charge in [-0.2, -0.15) is 0 Å². The summed E-state index contributed by atoms with van der Waals surface area (Å²) < 4.78 is 5.75. The van der Waals surface area contributed by atoms with Crippen molar-refractivity contribution in [1.82, 2.24) is 0 Å². The van der Waals surface area contributed by atoms with Crippen LogP contribution in [-0.4, -0.2) is 23.0 Å². The third-order valence-electron chi connectivity index (χ3n) is 6.41. The van der Waals surface area contributed by atoms with Gasteiger partial charge >= 0.3 is 12.0 Å². The molecule has 5 rings (SSSR count). The molecule has 0 fully saturated rings. The zero-order valence-electron chi connectivity index (χ0n) is 22.6. The number of amides is 3. The molecule has 0 aliphatic carbocycles. The van der Waals surface area contributed by atoms with Gasteiger partial charge in [-0.1, -0.05) is 54.6 Å². The van der Waals surface area contributed by atoms with Crippen LogP contribution in [0, 0.1) is 0 Å². The van der Waals surface area contributed by atoms with E-state index in [0.29, 0.717) is 17.2 Å². The summed E-state index contributed by atoms with van der Waals surface area (Å²) in [4.78, 5) is 37.3. The van der Waals surface area contributed by atoms with Gasteiger partial charge in [-0.3, -0.25) is 4.79 Å². The number of carboxylic acids is 1. The second-order valence-corrected chi connectivity index (χ2v) is 9.46. The van der Waals surface area contributed by atoms with Gasteiger partial charge in [-0.25, -0.2) is 9.59 Å². The normalized spacial score (nSPS) is 11.0. The van der Waals surface area contributed by atoms with Gasteiger partial charge in [0.25, 0.3) is 0 Å². The fraction of sp³-hybridized carbons (Fsp3) is 0.0294. The minimum Gasteiger partial charge on any atom is -0.478 e. The van der Waals surface area contributed by atoms with Gasteiger partial charge in [0.15, 0.2) is 0 Å². The third-order valence-corrected chi connectivity index (χ3v) is 6.41. The maximum Gasteiger partial charge on any atom is 0.337 e. The van der Waals surface area contributed by atoms with Gasteiger partial charge in [-0.15, -0.1) is 0 Å². The molecule has 8 heteroatoms. The number of carbonyl (C=O) groups excluding carboxylic acids is 2. The van der Waals surface area contributed by atoms with E-state index in [1.165, 1.54) is 24.3 Å². The smallest absolute Gasteiger partial charge is 0.337 e. The second kappa shape index (κ2) is 12.5. The predicted octanol–water partition coefficient (Wildman–Crippen LogP) is 8.02. The van der Waals surface area contributed by atoms with Crippen molar-refractivity contribution in [2.24, 2.45) is 0 Å². The Labute approximate surface area is 242 Å². The lowest BCUT2D eigenvalue weighted by molar-refractivity contribution is -0.111. The molecule has 0 spiro atoms. The average molecular weight is 558 g/mol. The molecule has 0 unspecified atom stereocenters. The van der Waals surface area contributed by atoms with Crippen molar-refractivity contribution in [3.05, 3.63) is 132 Å². The Kier molecular flexibility index (Phi) is 8.25. The summed E-state index contributed by atoms with van der Waals surface area (Å²) in [5, 5.41) is 19.9. The summed E-state index contributed by atoms with van der Waals surface area (Å²) in [6.07, 6.45) is 1.42. The van der Waals surface area contributed by atoms with E-state index in [1.54, 1.807) is 24.3 Å². The highest BCUT2D eigenvalue weighted by Crippen LogP contribution is 2.25. The lowest BCUT2D eigenvalue weighted by atomic mass is 10.0. The summed E-state index contributed by atoms with van der Waals surface area (Å²) in [5.41, 5.74) is 2.31. The van der Waals surface area contributed by atoms with Crippen molar-refractivity contribution >= 4 is 51.3 Å². The Morgan fingerprint density at radius 3 is 2.05 bits per heavy atom. The van der Waals surface area contributed by atoms with E-state index in [-0.39, 0.29) is 16.9 Å². The molecule has 8 nitrogen and oxygen atoms in total. The molecule has 5 aromatic carbocycles. The van der Waals surface area contributed by atoms with Crippen LogP contribution in [0.4, 0.5) is 21.9 Å². The van der Waals surface area contributed by atoms with Crippen LogP contribution >= 0.6 is 0 Å². The largest absolute Gasteiger partial charge is 0.478 e. The lowest BCUT2D eigenvalue weighted by Gasteiger charge is -2.12. The Balaban J connectivity index is 1.22. The van der Waals surface area contributed by atoms with Crippen LogP contribution in [0.25, 0.3) is 16.3 Å². The summed E-state index contributed by atoms with van der Waals surface area (Å²) >= 11 is 0. The molecule has 0 atom stereocenters. The summed E-state index contributed by atoms with van der Waals surface area (Å²) in [7, 11) is 0. The molecule has 0 heterocycles. The van der Waals surface area contributed by atoms with Gasteiger partial charge < -0.3 is 25.8 Å². The van der Waals surface area contributed by atoms with E-state index >= 15 is 0 Å². The van der Waals surface area contributed by atoms with Gasteiger partial charge in [0.05, 0.1) is 11.3 Å². The molecule has 0 aliphatic rings. The first kappa shape index (κ1) is 27.7. The zero-order valence-corrected chi connectivity index (χ0v) is 22.6. The van der Waals surface area contributed by atoms with Crippen molar-refractivity contribution in [2.45, 2.75) is 6.92 Å². The van der Waals surface area contributed by atoms with E-state index < -0.39 is 17.9 Å². The van der Waals surface area contributed by atoms with Crippen LogP contribution in [0.2, 0.25) is 0 Å². The standard InChI is InChI=1S/C34H27N3O5/c1-22(24-12-11-23-7-5-6-8-25(23)20-24)19-32(38)37-31-18-15-27(21-30(31)33(39)40)36-34(41)35-26-13-16-29(17-14-26)42-28-9-3-2-4-10-28/h2-21H,1H3,(H,37,38)(H,39,40)(H2,35,36,41)/b22-19-. The van der Waals surface area contributed by atoms with E-state index in [0.717, 1.165) is 21.9 Å². The number of rotatable bonds is 8. The maximum absolute atomic E-state index is 12.8. The number of urea groups is 1. The highest BCUT2D eigenvalue weighted by Gasteiger charge is 2.14. The minimum atomic E-state index is -1.25. The summed E-state index contributed by atoms with van der Waals surface area (Å²) in [6.45, 7) is 1.82. The van der Waals surface area contributed by atoms with E-state index in [1.807, 2.05) is 79.7 Å². The number of carbonyl (C=O) groups is 3. The number of benzene rings is 5. The number of fused-ring (bicyclic) bond motifs is 1. The first-order chi connectivity index (χ1) is 20.3. The number of hydrogen-bond donors (Lipinski definition) is 4. The molecule has 0 aliphatic heterocycles. The molecule has 4 N–H and O–H groups in total. The van der Waals surface area contributed by atoms with Crippen LogP contribution in [0.3, 0.4) is 0 Å². The lowest BCUT2D eigenvalue weighted by Crippen LogP contribution is -2.20. The fourth-order valence-corrected chi connectivity index (χ4v) is 4.32. The van der Waals surface area contributed by atoms with Crippen molar-refractivity contribution in [2.75, 3.05) is 16.0 Å². The molecule has 0 radical (unpaired) electrons. The first-order valence-corrected chi connectivity index (χ1v) is 13.1. The van der Waals surface area contributed by atoms with Crippen LogP contribution in [0.5, 0.6) is 11.5 Å². The van der Waals surface area contributed by atoms with Gasteiger partial charge in [0, 0.05) is 17.5 Å². The van der Waals surface area contributed by atoms with Crippen molar-refractivity contribution in [3.8, 4) is 11.5 Å². The molecule has 0 aromatic heterocycles. The number of ether oxygens (including phenoxy) is 1. The van der Waals surface area contributed by atoms with Gasteiger partial charge in [0.1, 0.15) is 11.5 Å². The quantitative estimate of drug-likeness (QED) is 0.144. The zero-order chi connectivity index (χ0) is 29.5. The third kappa shape index (κ3) is 7.00. The summed E-state index contributed by atoms with van der Waals surface area (Å²) in [5.74, 6) is -0.418. The number of aromatic carboxylic acids is 1. The van der Waals surface area contributed by atoms with Crippen molar-refractivity contribution in [1.29, 1.82) is 0 Å². The van der Waals surface area contributed by atoms with Crippen LogP contribution in [0.1, 0.15) is 22.8 Å². The molecule has 208 valence electrons. The SMILES string of the molecule is C/C(=C/C(=O)Nc1ccc(NC(=O)Nc2ccc(Oc3ccccc3)cc2)cc1C(=O)O)c1ccc2ccccc2c1. The van der Waals surface area contributed by atoms with Gasteiger partial charge in [-0.05, 0) is 89.5 Å². The van der Waals surface area contributed by atoms with E-state index in [9.17, 15) is 19.5 Å². The molecule has 0 saturated carbocycles. The number of hydrogen-bond acceptors (Lipinski definition) is 4. The van der Waals surface area contributed by atoms with E-state index in [4.69, 9.17) is 4.74 Å². The number of allylic oxidation sites excluding steroid dienone is 1. The Hall–Kier alpha value is -5.89. The predicted molar refractivity (Wildman–Crippen MR) is 165 cm³/mol. The number of nitrogens with one attached hydrogen (secondary N) is 3. The highest BCUT2D eigenvalue weighted by atomic mass is 16.5. The molecule has 0 bridgehead atoms. The van der Waals surface area contributed by atoms with Crippen LogP contribution in [-0.2, 0) is 4.79 Å². The Morgan fingerprint density at radius 1 is 0.667 bits per heavy atom. The molecule has 42 heavy (non-hydrogen) atoms. The highest BCUT2D eigenvalue weighted by molar-refractivity contribution is 6.08. The topological polar surface area (TPSA) is 117 Å². The van der Waals surface area contributed by atoms with Crippen molar-refractivity contribution < 1.29 is 24.2 Å². The molecule has 3 amide bonds. The average Bonchev–Trinajstić information content (AvgIpc) is 2.99. The second-order valence-electron chi connectivity index (χ2n) is 9.46. The number of carboxylic acid groups (broad SMARTS) is 1. The van der Waals surface area contributed by atoms with E-state index in [2.05, 4.69) is 16.0 Å². The van der Waals surface area contributed by atoms with Gasteiger partial charge in [0.2, 0.25) is 5.91 Å². The fourth-order valence-electron chi connectivity index (χ4n) is 4.32. The van der Waals surface area contributed by atoms with Crippen LogP contribution in [0.15, 0.2) is 121 Å². The maximum atomic E-state index is 12.8. The van der Waals surface area contributed by atoms with Crippen LogP contribution < -0.4 is 20.7 Å². The minimum absolute atomic E-state index is 0.107. The first-order valence-electron chi connectivity index (χ1n) is 13.1. The molecule has 5 aromatic rings. The Bertz CT molecular complexity index is 1800. The number of anilines is 3.